The fourth-order valence-corrected chi connectivity index (χ4v) is 2.00. The third-order valence-corrected chi connectivity index (χ3v) is 3.60. The normalized spacial score (nSPS) is 13.5. The molecule has 1 N–H and O–H groups in total. The van der Waals surface area contributed by atoms with Crippen molar-refractivity contribution in [2.24, 2.45) is 7.05 Å². The predicted molar refractivity (Wildman–Crippen MR) is 70.1 cm³/mol. The van der Waals surface area contributed by atoms with E-state index in [1.54, 1.807) is 23.9 Å². The molecular weight excluding hydrogens is 245 g/mol. The zero-order chi connectivity index (χ0) is 14.0. The van der Waals surface area contributed by atoms with E-state index in [0.29, 0.717) is 6.42 Å². The number of rotatable bonds is 4. The van der Waals surface area contributed by atoms with Gasteiger partial charge in [-0.3, -0.25) is 4.68 Å². The molecule has 1 unspecified atom stereocenters. The molecule has 1 aromatic carbocycles. The maximum absolute atomic E-state index is 12.9. The van der Waals surface area contributed by atoms with E-state index < -0.39 is 11.5 Å². The van der Waals surface area contributed by atoms with Crippen molar-refractivity contribution < 1.29 is 9.50 Å². The van der Waals surface area contributed by atoms with Crippen molar-refractivity contribution in [3.63, 3.8) is 0 Å². The molecule has 1 heterocycles. The molecule has 1 atom stereocenters. The highest BCUT2D eigenvalue weighted by molar-refractivity contribution is 5.26. The molecule has 102 valence electrons. The predicted octanol–water partition coefficient (Wildman–Crippen LogP) is 1.84. The molecule has 0 amide bonds. The highest BCUT2D eigenvalue weighted by atomic mass is 19.1. The van der Waals surface area contributed by atoms with Gasteiger partial charge in [0.15, 0.2) is 0 Å². The van der Waals surface area contributed by atoms with Crippen LogP contribution in [0, 0.1) is 5.82 Å². The quantitative estimate of drug-likeness (QED) is 0.915. The maximum Gasteiger partial charge on any atom is 0.138 e. The molecular formula is C14H18FN3O. The van der Waals surface area contributed by atoms with Gasteiger partial charge in [-0.05, 0) is 17.7 Å². The molecule has 19 heavy (non-hydrogen) atoms. The van der Waals surface area contributed by atoms with Crippen LogP contribution in [-0.2, 0) is 18.9 Å². The maximum atomic E-state index is 12.9. The van der Waals surface area contributed by atoms with E-state index >= 15 is 0 Å². The summed E-state index contributed by atoms with van der Waals surface area (Å²) in [5, 5.41) is 14.4. The van der Waals surface area contributed by atoms with Crippen molar-refractivity contribution in [1.29, 1.82) is 0 Å². The third-order valence-electron chi connectivity index (χ3n) is 3.60. The Hall–Kier alpha value is -1.75. The van der Waals surface area contributed by atoms with Crippen LogP contribution < -0.4 is 0 Å². The summed E-state index contributed by atoms with van der Waals surface area (Å²) < 4.78 is 14.6. The van der Waals surface area contributed by atoms with Gasteiger partial charge in [-0.1, -0.05) is 26.0 Å². The van der Waals surface area contributed by atoms with E-state index in [1.165, 1.54) is 18.5 Å². The summed E-state index contributed by atoms with van der Waals surface area (Å²) in [7, 11) is 1.79. The molecule has 0 saturated heterocycles. The van der Waals surface area contributed by atoms with E-state index in [2.05, 4.69) is 10.1 Å². The van der Waals surface area contributed by atoms with Crippen molar-refractivity contribution in [2.45, 2.75) is 31.8 Å². The van der Waals surface area contributed by atoms with Gasteiger partial charge in [0.25, 0.3) is 0 Å². The summed E-state index contributed by atoms with van der Waals surface area (Å²) in [5.41, 5.74) is 0.406. The minimum atomic E-state index is -0.624. The molecule has 0 spiro atoms. The van der Waals surface area contributed by atoms with E-state index in [-0.39, 0.29) is 5.82 Å². The number of halogens is 1. The zero-order valence-electron chi connectivity index (χ0n) is 11.3. The second-order valence-corrected chi connectivity index (χ2v) is 5.25. The Bertz CT molecular complexity index is 548. The second kappa shape index (κ2) is 5.09. The summed E-state index contributed by atoms with van der Waals surface area (Å²) in [6.07, 6.45) is 1.24. The average molecular weight is 263 g/mol. The largest absolute Gasteiger partial charge is 0.392 e. The topological polar surface area (TPSA) is 50.9 Å². The molecule has 2 aromatic rings. The summed E-state index contributed by atoms with van der Waals surface area (Å²) in [5.74, 6) is 0.449. The van der Waals surface area contributed by atoms with Gasteiger partial charge in [0.1, 0.15) is 18.0 Å². The van der Waals surface area contributed by atoms with Crippen molar-refractivity contribution in [1.82, 2.24) is 14.8 Å². The lowest BCUT2D eigenvalue weighted by Gasteiger charge is -2.31. The zero-order valence-corrected chi connectivity index (χ0v) is 11.3. The number of aromatic nitrogens is 3. The van der Waals surface area contributed by atoms with Crippen LogP contribution in [0.3, 0.4) is 0 Å². The van der Waals surface area contributed by atoms with Crippen LogP contribution in [0.1, 0.15) is 25.2 Å². The van der Waals surface area contributed by atoms with Gasteiger partial charge in [-0.15, -0.1) is 0 Å². The molecule has 5 heteroatoms. The van der Waals surface area contributed by atoms with E-state index in [0.717, 1.165) is 11.4 Å². The summed E-state index contributed by atoms with van der Waals surface area (Å²) in [4.78, 5) is 4.11. The molecule has 0 fully saturated rings. The third kappa shape index (κ3) is 2.81. The fourth-order valence-electron chi connectivity index (χ4n) is 2.00. The summed E-state index contributed by atoms with van der Waals surface area (Å²) in [6, 6.07) is 6.22. The average Bonchev–Trinajstić information content (AvgIpc) is 2.75. The van der Waals surface area contributed by atoms with Gasteiger partial charge in [0.05, 0.1) is 6.10 Å². The molecule has 0 bridgehead atoms. The molecule has 4 nitrogen and oxygen atoms in total. The lowest BCUT2D eigenvalue weighted by atomic mass is 9.78. The standard InChI is InChI=1S/C14H18FN3O/c1-14(2,10-4-6-11(15)7-5-10)12(19)8-13-16-9-17-18(13)3/h4-7,9,12,19H,8H2,1-3H3. The second-order valence-electron chi connectivity index (χ2n) is 5.25. The summed E-state index contributed by atoms with van der Waals surface area (Å²) in [6.45, 7) is 3.86. The molecule has 0 aliphatic heterocycles. The number of aryl methyl sites for hydroxylation is 1. The highest BCUT2D eigenvalue weighted by Gasteiger charge is 2.30. The molecule has 0 saturated carbocycles. The number of benzene rings is 1. The molecule has 0 aliphatic carbocycles. The number of aliphatic hydroxyl groups excluding tert-OH is 1. The van der Waals surface area contributed by atoms with Crippen LogP contribution in [0.4, 0.5) is 4.39 Å². The first kappa shape index (κ1) is 13.7. The molecule has 0 aliphatic rings. The Morgan fingerprint density at radius 2 is 1.95 bits per heavy atom. The first-order valence-electron chi connectivity index (χ1n) is 6.18. The van der Waals surface area contributed by atoms with E-state index in [9.17, 15) is 9.50 Å². The van der Waals surface area contributed by atoms with Gasteiger partial charge in [-0.2, -0.15) is 5.10 Å². The van der Waals surface area contributed by atoms with Gasteiger partial charge >= 0.3 is 0 Å². The Morgan fingerprint density at radius 3 is 2.47 bits per heavy atom. The SMILES string of the molecule is Cn1ncnc1CC(O)C(C)(C)c1ccc(F)cc1. The lowest BCUT2D eigenvalue weighted by molar-refractivity contribution is 0.0970. The van der Waals surface area contributed by atoms with Crippen LogP contribution >= 0.6 is 0 Å². The number of nitrogens with zero attached hydrogens (tertiary/aromatic N) is 3. The number of hydrogen-bond donors (Lipinski definition) is 1. The van der Waals surface area contributed by atoms with Crippen molar-refractivity contribution in [3.8, 4) is 0 Å². The lowest BCUT2D eigenvalue weighted by Crippen LogP contribution is -2.36. The van der Waals surface area contributed by atoms with Crippen LogP contribution in [0.15, 0.2) is 30.6 Å². The van der Waals surface area contributed by atoms with Gasteiger partial charge in [0, 0.05) is 18.9 Å². The van der Waals surface area contributed by atoms with Crippen LogP contribution in [-0.4, -0.2) is 26.0 Å². The highest BCUT2D eigenvalue weighted by Crippen LogP contribution is 2.28. The summed E-state index contributed by atoms with van der Waals surface area (Å²) >= 11 is 0. The molecule has 2 rings (SSSR count). The fraction of sp³-hybridized carbons (Fsp3) is 0.429. The minimum absolute atomic E-state index is 0.276. The van der Waals surface area contributed by atoms with Crippen molar-refractivity contribution in [3.05, 3.63) is 47.8 Å². The molecule has 0 radical (unpaired) electrons. The van der Waals surface area contributed by atoms with Gasteiger partial charge in [0.2, 0.25) is 0 Å². The number of hydrogen-bond acceptors (Lipinski definition) is 3. The smallest absolute Gasteiger partial charge is 0.138 e. The Labute approximate surface area is 111 Å². The minimum Gasteiger partial charge on any atom is -0.392 e. The Balaban J connectivity index is 2.19. The van der Waals surface area contributed by atoms with E-state index in [4.69, 9.17) is 0 Å². The van der Waals surface area contributed by atoms with Crippen LogP contribution in [0.25, 0.3) is 0 Å². The van der Waals surface area contributed by atoms with Crippen molar-refractivity contribution in [2.75, 3.05) is 0 Å². The van der Waals surface area contributed by atoms with Crippen molar-refractivity contribution >= 4 is 0 Å². The Kier molecular flexibility index (Phi) is 3.66. The van der Waals surface area contributed by atoms with Crippen LogP contribution in [0.2, 0.25) is 0 Å². The first-order chi connectivity index (χ1) is 8.91. The number of aliphatic hydroxyl groups is 1. The monoisotopic (exact) mass is 263 g/mol. The molecule has 1 aromatic heterocycles. The first-order valence-corrected chi connectivity index (χ1v) is 6.18. The van der Waals surface area contributed by atoms with Gasteiger partial charge in [-0.25, -0.2) is 9.37 Å². The van der Waals surface area contributed by atoms with E-state index in [1.807, 2.05) is 13.8 Å². The van der Waals surface area contributed by atoms with Crippen LogP contribution in [0.5, 0.6) is 0 Å². The van der Waals surface area contributed by atoms with Gasteiger partial charge < -0.3 is 5.11 Å². The Morgan fingerprint density at radius 1 is 1.32 bits per heavy atom.